The van der Waals surface area contributed by atoms with Gasteiger partial charge in [-0.15, -0.1) is 0 Å². The van der Waals surface area contributed by atoms with Crippen LogP contribution >= 0.6 is 11.8 Å². The highest BCUT2D eigenvalue weighted by Crippen LogP contribution is 2.34. The molecule has 0 bridgehead atoms. The minimum atomic E-state index is -4.41. The minimum Gasteiger partial charge on any atom is -0.309 e. The predicted octanol–water partition coefficient (Wildman–Crippen LogP) is 4.19. The highest BCUT2D eigenvalue weighted by atomic mass is 32.2. The molecule has 0 aliphatic heterocycles. The van der Waals surface area contributed by atoms with E-state index in [1.807, 2.05) is 0 Å². The summed E-state index contributed by atoms with van der Waals surface area (Å²) in [6.07, 6.45) is -3.61. The fraction of sp³-hybridized carbons (Fsp3) is 0.188. The number of hydrogen-bond acceptors (Lipinski definition) is 4. The van der Waals surface area contributed by atoms with Crippen molar-refractivity contribution in [3.05, 3.63) is 64.3 Å². The summed E-state index contributed by atoms with van der Waals surface area (Å²) >= 11 is 1.22. The van der Waals surface area contributed by atoms with Gasteiger partial charge in [0.15, 0.2) is 0 Å². The summed E-state index contributed by atoms with van der Waals surface area (Å²) in [6.45, 7) is 1.80. The van der Waals surface area contributed by atoms with Crippen molar-refractivity contribution >= 4 is 22.7 Å². The normalized spacial score (nSPS) is 13.2. The van der Waals surface area contributed by atoms with Gasteiger partial charge < -0.3 is 4.98 Å². The number of pyridine rings is 1. The van der Waals surface area contributed by atoms with Gasteiger partial charge >= 0.3 is 6.18 Å². The number of nitrogens with one attached hydrogen (secondary N) is 1. The molecular weight excluding hydrogens is 339 g/mol. The van der Waals surface area contributed by atoms with Crippen LogP contribution in [0.2, 0.25) is 0 Å². The van der Waals surface area contributed by atoms with Crippen molar-refractivity contribution in [3.63, 3.8) is 0 Å². The molecule has 0 saturated heterocycles. The maximum atomic E-state index is 12.5. The average molecular weight is 351 g/mol. The summed E-state index contributed by atoms with van der Waals surface area (Å²) in [5.41, 5.74) is -0.468. The van der Waals surface area contributed by atoms with Crippen molar-refractivity contribution in [1.82, 2.24) is 15.0 Å². The van der Waals surface area contributed by atoms with Gasteiger partial charge in [0.2, 0.25) is 0 Å². The van der Waals surface area contributed by atoms with Gasteiger partial charge in [0.1, 0.15) is 5.82 Å². The fourth-order valence-corrected chi connectivity index (χ4v) is 3.00. The molecule has 8 heteroatoms. The number of fused-ring (bicyclic) bond motifs is 1. The monoisotopic (exact) mass is 351 g/mol. The Kier molecular flexibility index (Phi) is 4.31. The maximum absolute atomic E-state index is 12.5. The molecule has 0 aliphatic carbocycles. The number of aromatic amines is 1. The Balaban J connectivity index is 1.85. The Hall–Kier alpha value is -2.35. The number of halogens is 3. The molecule has 3 aromatic rings. The summed E-state index contributed by atoms with van der Waals surface area (Å²) in [6, 6.07) is 9.25. The summed E-state index contributed by atoms with van der Waals surface area (Å²) in [5.74, 6) is 0.449. The van der Waals surface area contributed by atoms with E-state index in [-0.39, 0.29) is 10.8 Å². The van der Waals surface area contributed by atoms with Crippen LogP contribution in [0.3, 0.4) is 0 Å². The lowest BCUT2D eigenvalue weighted by Crippen LogP contribution is -2.12. The van der Waals surface area contributed by atoms with Crippen LogP contribution in [0.5, 0.6) is 0 Å². The first-order chi connectivity index (χ1) is 11.3. The Morgan fingerprint density at radius 3 is 2.58 bits per heavy atom. The molecule has 0 aliphatic rings. The number of nitrogens with zero attached hydrogens (tertiary/aromatic N) is 2. The second-order valence-electron chi connectivity index (χ2n) is 5.11. The Morgan fingerprint density at radius 1 is 1.17 bits per heavy atom. The van der Waals surface area contributed by atoms with Gasteiger partial charge in [0.25, 0.3) is 5.56 Å². The molecule has 0 amide bonds. The molecule has 1 atom stereocenters. The number of rotatable bonds is 3. The van der Waals surface area contributed by atoms with E-state index in [0.29, 0.717) is 21.8 Å². The molecule has 4 nitrogen and oxygen atoms in total. The van der Waals surface area contributed by atoms with Crippen LogP contribution in [0.25, 0.3) is 10.9 Å². The average Bonchev–Trinajstić information content (AvgIpc) is 2.54. The van der Waals surface area contributed by atoms with E-state index in [4.69, 9.17) is 0 Å². The van der Waals surface area contributed by atoms with E-state index in [9.17, 15) is 18.0 Å². The third-order valence-corrected chi connectivity index (χ3v) is 4.44. The lowest BCUT2D eigenvalue weighted by molar-refractivity contribution is -0.137. The summed E-state index contributed by atoms with van der Waals surface area (Å²) in [5, 5.41) is 0.643. The maximum Gasteiger partial charge on any atom is 0.417 e. The molecule has 0 spiro atoms. The minimum absolute atomic E-state index is 0.247. The zero-order valence-corrected chi connectivity index (χ0v) is 13.3. The van der Waals surface area contributed by atoms with E-state index in [0.717, 1.165) is 12.3 Å². The van der Waals surface area contributed by atoms with Crippen LogP contribution in [-0.2, 0) is 6.18 Å². The topological polar surface area (TPSA) is 58.6 Å². The quantitative estimate of drug-likeness (QED) is 0.719. The predicted molar refractivity (Wildman–Crippen MR) is 85.9 cm³/mol. The molecule has 0 radical (unpaired) electrons. The largest absolute Gasteiger partial charge is 0.417 e. The molecule has 2 heterocycles. The van der Waals surface area contributed by atoms with Crippen LogP contribution in [-0.4, -0.2) is 15.0 Å². The van der Waals surface area contributed by atoms with Gasteiger partial charge in [-0.05, 0) is 31.2 Å². The number of hydrogen-bond donors (Lipinski definition) is 1. The van der Waals surface area contributed by atoms with Gasteiger partial charge in [-0.2, -0.15) is 13.2 Å². The molecule has 2 aromatic heterocycles. The van der Waals surface area contributed by atoms with E-state index < -0.39 is 11.7 Å². The third kappa shape index (κ3) is 3.43. The number of benzene rings is 1. The standard InChI is InChI=1S/C16H12F3N3OS/c1-9(24-13-7-6-10(8-20-13)16(17,18)19)14-21-12-5-3-2-4-11(12)15(23)22-14/h2-9H,1H3,(H,21,22,23). The van der Waals surface area contributed by atoms with Gasteiger partial charge in [-0.3, -0.25) is 4.79 Å². The van der Waals surface area contributed by atoms with Crippen LogP contribution in [0.15, 0.2) is 52.4 Å². The molecule has 1 aromatic carbocycles. The van der Waals surface area contributed by atoms with Crippen molar-refractivity contribution in [1.29, 1.82) is 0 Å². The number of aromatic nitrogens is 3. The van der Waals surface area contributed by atoms with Crippen LogP contribution < -0.4 is 5.56 Å². The first-order valence-electron chi connectivity index (χ1n) is 7.03. The summed E-state index contributed by atoms with van der Waals surface area (Å²) in [7, 11) is 0. The molecule has 0 fully saturated rings. The molecule has 24 heavy (non-hydrogen) atoms. The van der Waals surface area contributed by atoms with E-state index in [1.165, 1.54) is 17.8 Å². The Morgan fingerprint density at radius 2 is 1.92 bits per heavy atom. The zero-order chi connectivity index (χ0) is 17.3. The van der Waals surface area contributed by atoms with Gasteiger partial charge in [0, 0.05) is 6.20 Å². The molecule has 1 N–H and O–H groups in total. The fourth-order valence-electron chi connectivity index (χ4n) is 2.15. The van der Waals surface area contributed by atoms with Gasteiger partial charge in [0.05, 0.1) is 26.7 Å². The van der Waals surface area contributed by atoms with Crippen molar-refractivity contribution in [2.75, 3.05) is 0 Å². The Bertz CT molecular complexity index is 922. The number of alkyl halides is 3. The number of para-hydroxylation sites is 1. The number of thioether (sulfide) groups is 1. The summed E-state index contributed by atoms with van der Waals surface area (Å²) < 4.78 is 37.6. The van der Waals surface area contributed by atoms with Crippen molar-refractivity contribution < 1.29 is 13.2 Å². The highest BCUT2D eigenvalue weighted by Gasteiger charge is 2.30. The summed E-state index contributed by atoms with van der Waals surface area (Å²) in [4.78, 5) is 23.0. The van der Waals surface area contributed by atoms with Crippen molar-refractivity contribution in [3.8, 4) is 0 Å². The second kappa shape index (κ2) is 6.27. The van der Waals surface area contributed by atoms with Crippen LogP contribution in [0, 0.1) is 0 Å². The van der Waals surface area contributed by atoms with Gasteiger partial charge in [-0.1, -0.05) is 23.9 Å². The molecule has 1 unspecified atom stereocenters. The first-order valence-corrected chi connectivity index (χ1v) is 7.91. The second-order valence-corrected chi connectivity index (χ2v) is 6.47. The molecular formula is C16H12F3N3OS. The smallest absolute Gasteiger partial charge is 0.309 e. The zero-order valence-electron chi connectivity index (χ0n) is 12.5. The molecule has 124 valence electrons. The SMILES string of the molecule is CC(Sc1ccc(C(F)(F)F)cn1)c1nc2ccccc2c(=O)[nH]1. The molecule has 3 rings (SSSR count). The van der Waals surface area contributed by atoms with Crippen molar-refractivity contribution in [2.45, 2.75) is 23.4 Å². The first kappa shape index (κ1) is 16.5. The molecule has 0 saturated carbocycles. The Labute approximate surface area is 139 Å². The lowest BCUT2D eigenvalue weighted by atomic mass is 10.2. The lowest BCUT2D eigenvalue weighted by Gasteiger charge is -2.11. The van der Waals surface area contributed by atoms with E-state index >= 15 is 0 Å². The van der Waals surface area contributed by atoms with E-state index in [1.54, 1.807) is 31.2 Å². The van der Waals surface area contributed by atoms with Crippen LogP contribution in [0.1, 0.15) is 23.6 Å². The third-order valence-electron chi connectivity index (χ3n) is 3.38. The van der Waals surface area contributed by atoms with Crippen molar-refractivity contribution in [2.24, 2.45) is 0 Å². The highest BCUT2D eigenvalue weighted by molar-refractivity contribution is 7.99. The van der Waals surface area contributed by atoms with E-state index in [2.05, 4.69) is 15.0 Å². The van der Waals surface area contributed by atoms with Gasteiger partial charge in [-0.25, -0.2) is 9.97 Å². The van der Waals surface area contributed by atoms with Crippen LogP contribution in [0.4, 0.5) is 13.2 Å². The number of H-pyrrole nitrogens is 1.